The van der Waals surface area contributed by atoms with Crippen LogP contribution in [-0.4, -0.2) is 51.1 Å². The Bertz CT molecular complexity index is 869. The van der Waals surface area contributed by atoms with Crippen molar-refractivity contribution in [2.24, 2.45) is 0 Å². The van der Waals surface area contributed by atoms with Gasteiger partial charge in [0.2, 0.25) is 0 Å². The van der Waals surface area contributed by atoms with E-state index in [4.69, 9.17) is 0 Å². The molecular formula is C26H38N4OS2. The van der Waals surface area contributed by atoms with Gasteiger partial charge in [-0.3, -0.25) is 4.79 Å². The Morgan fingerprint density at radius 3 is 2.48 bits per heavy atom. The van der Waals surface area contributed by atoms with Gasteiger partial charge in [0, 0.05) is 55.8 Å². The molecule has 1 saturated heterocycles. The van der Waals surface area contributed by atoms with Crippen molar-refractivity contribution in [2.45, 2.75) is 43.9 Å². The number of amides is 1. The van der Waals surface area contributed by atoms with E-state index in [9.17, 15) is 4.79 Å². The summed E-state index contributed by atoms with van der Waals surface area (Å²) in [7, 11) is 2.00. The Morgan fingerprint density at radius 1 is 1.06 bits per heavy atom. The molecule has 1 aliphatic heterocycles. The van der Waals surface area contributed by atoms with E-state index in [0.717, 1.165) is 49.0 Å². The maximum Gasteiger partial charge on any atom is 0.257 e. The highest BCUT2D eigenvalue weighted by molar-refractivity contribution is 8.00. The van der Waals surface area contributed by atoms with Gasteiger partial charge in [-0.2, -0.15) is 0 Å². The molecule has 2 N–H and O–H groups in total. The van der Waals surface area contributed by atoms with Crippen molar-refractivity contribution in [1.82, 2.24) is 5.32 Å². The number of anilines is 3. The highest BCUT2D eigenvalue weighted by atomic mass is 32.2. The summed E-state index contributed by atoms with van der Waals surface area (Å²) in [5.74, 6) is 1.08. The molecule has 0 bridgehead atoms. The number of benzene rings is 2. The summed E-state index contributed by atoms with van der Waals surface area (Å²) in [6, 6.07) is 14.5. The van der Waals surface area contributed by atoms with Crippen LogP contribution in [0.1, 0.15) is 49.4 Å². The molecule has 0 aromatic heterocycles. The van der Waals surface area contributed by atoms with Gasteiger partial charge in [0.25, 0.3) is 5.91 Å². The van der Waals surface area contributed by atoms with Crippen LogP contribution in [0.25, 0.3) is 0 Å². The van der Waals surface area contributed by atoms with Crippen LogP contribution in [0.3, 0.4) is 0 Å². The van der Waals surface area contributed by atoms with Crippen LogP contribution in [-0.2, 0) is 0 Å². The molecule has 1 heterocycles. The van der Waals surface area contributed by atoms with Crippen LogP contribution < -0.4 is 19.8 Å². The van der Waals surface area contributed by atoms with Crippen LogP contribution in [0.5, 0.6) is 0 Å². The lowest BCUT2D eigenvalue weighted by Crippen LogP contribution is -2.43. The van der Waals surface area contributed by atoms with E-state index >= 15 is 0 Å². The quantitative estimate of drug-likeness (QED) is 0.214. The lowest BCUT2D eigenvalue weighted by atomic mass is 10.1. The van der Waals surface area contributed by atoms with Gasteiger partial charge in [-0.15, -0.1) is 11.8 Å². The maximum absolute atomic E-state index is 13.3. The molecule has 1 aliphatic rings. The predicted molar refractivity (Wildman–Crippen MR) is 147 cm³/mol. The third-order valence-corrected chi connectivity index (χ3v) is 7.79. The fourth-order valence-electron chi connectivity index (χ4n) is 3.93. The molecule has 0 aliphatic carbocycles. The number of carbonyl (C=O) groups is 1. The van der Waals surface area contributed by atoms with Crippen LogP contribution in [0.15, 0.2) is 47.4 Å². The summed E-state index contributed by atoms with van der Waals surface area (Å²) < 4.78 is 2.04. The van der Waals surface area contributed by atoms with Crippen molar-refractivity contribution < 1.29 is 4.79 Å². The first-order chi connectivity index (χ1) is 16.1. The lowest BCUT2D eigenvalue weighted by Gasteiger charge is -2.30. The van der Waals surface area contributed by atoms with Crippen LogP contribution in [0, 0.1) is 0 Å². The first kappa shape index (κ1) is 25.8. The van der Waals surface area contributed by atoms with Crippen molar-refractivity contribution in [2.75, 3.05) is 59.8 Å². The second kappa shape index (κ2) is 13.8. The van der Waals surface area contributed by atoms with Crippen LogP contribution in [0.4, 0.5) is 17.1 Å². The van der Waals surface area contributed by atoms with Crippen LogP contribution in [0.2, 0.25) is 0 Å². The monoisotopic (exact) mass is 486 g/mol. The number of unbranched alkanes of at least 4 members (excludes halogenated alkanes) is 4. The molecule has 3 rings (SSSR count). The van der Waals surface area contributed by atoms with E-state index in [1.165, 1.54) is 37.0 Å². The number of rotatable bonds is 12. The summed E-state index contributed by atoms with van der Waals surface area (Å²) in [5, 5.41) is 6.50. The topological polar surface area (TPSA) is 47.6 Å². The number of piperazine rings is 1. The minimum absolute atomic E-state index is 0.0702. The normalized spacial score (nSPS) is 13.7. The smallest absolute Gasteiger partial charge is 0.257 e. The van der Waals surface area contributed by atoms with Crippen molar-refractivity contribution >= 4 is 46.7 Å². The largest absolute Gasteiger partial charge is 0.369 e. The van der Waals surface area contributed by atoms with Gasteiger partial charge >= 0.3 is 0 Å². The zero-order valence-corrected chi connectivity index (χ0v) is 21.9. The number of nitrogens with one attached hydrogen (secondary N) is 2. The maximum atomic E-state index is 13.3. The standard InChI is InChI=1S/C26H38N4OS2/c1-4-5-6-7-8-19-33-23-12-9-21(10-13-23)28-26(31)24-20-22(30-17-15-27-16-18-30)11-14-25(24)29(2)32-3/h9-14,20,27H,4-8,15-19H2,1-3H3,(H,28,31). The zero-order chi connectivity index (χ0) is 23.5. The number of carbonyl (C=O) groups excluding carboxylic acids is 1. The average Bonchev–Trinajstić information content (AvgIpc) is 2.86. The molecule has 7 heteroatoms. The second-order valence-corrected chi connectivity index (χ2v) is 10.4. The molecule has 2 aromatic carbocycles. The van der Waals surface area contributed by atoms with Gasteiger partial charge in [-0.05, 0) is 54.6 Å². The fraction of sp³-hybridized carbons (Fsp3) is 0.500. The average molecular weight is 487 g/mol. The van der Waals surface area contributed by atoms with Gasteiger partial charge in [0.05, 0.1) is 11.3 Å². The number of hydrogen-bond donors (Lipinski definition) is 2. The minimum Gasteiger partial charge on any atom is -0.369 e. The molecule has 0 radical (unpaired) electrons. The SMILES string of the molecule is CCCCCCCSc1ccc(NC(=O)c2cc(N3CCNCC3)ccc2N(C)SC)cc1. The molecule has 0 atom stereocenters. The van der Waals surface area contributed by atoms with Gasteiger partial charge < -0.3 is 19.8 Å². The molecular weight excluding hydrogens is 448 g/mol. The summed E-state index contributed by atoms with van der Waals surface area (Å²) in [6.45, 7) is 6.10. The Kier molecular flexibility index (Phi) is 10.8. The number of nitrogens with zero attached hydrogens (tertiary/aromatic N) is 2. The van der Waals surface area contributed by atoms with Crippen molar-refractivity contribution in [3.63, 3.8) is 0 Å². The molecule has 2 aromatic rings. The minimum atomic E-state index is -0.0702. The van der Waals surface area contributed by atoms with E-state index in [1.807, 2.05) is 47.6 Å². The molecule has 5 nitrogen and oxygen atoms in total. The highest BCUT2D eigenvalue weighted by Gasteiger charge is 2.18. The molecule has 0 unspecified atom stereocenters. The Labute approximate surface area is 208 Å². The van der Waals surface area contributed by atoms with Crippen molar-refractivity contribution in [3.8, 4) is 0 Å². The van der Waals surface area contributed by atoms with Crippen LogP contribution >= 0.6 is 23.7 Å². The summed E-state index contributed by atoms with van der Waals surface area (Å²) in [4.78, 5) is 16.9. The Hall–Kier alpha value is -1.83. The fourth-order valence-corrected chi connectivity index (χ4v) is 5.20. The van der Waals surface area contributed by atoms with Crippen molar-refractivity contribution in [3.05, 3.63) is 48.0 Å². The number of thioether (sulfide) groups is 1. The molecule has 1 amide bonds. The third kappa shape index (κ3) is 7.87. The van der Waals surface area contributed by atoms with E-state index in [-0.39, 0.29) is 5.91 Å². The van der Waals surface area contributed by atoms with E-state index in [1.54, 1.807) is 11.9 Å². The summed E-state index contributed by atoms with van der Waals surface area (Å²) in [5.41, 5.74) is 3.56. The van der Waals surface area contributed by atoms with E-state index in [0.29, 0.717) is 5.56 Å². The van der Waals surface area contributed by atoms with Gasteiger partial charge in [0.1, 0.15) is 0 Å². The first-order valence-electron chi connectivity index (χ1n) is 12.0. The molecule has 0 saturated carbocycles. The lowest BCUT2D eigenvalue weighted by molar-refractivity contribution is 0.102. The summed E-state index contributed by atoms with van der Waals surface area (Å²) >= 11 is 3.50. The molecule has 1 fully saturated rings. The zero-order valence-electron chi connectivity index (χ0n) is 20.2. The third-order valence-electron chi connectivity index (χ3n) is 5.95. The van der Waals surface area contributed by atoms with Gasteiger partial charge in [-0.1, -0.05) is 44.6 Å². The Morgan fingerprint density at radius 2 is 1.79 bits per heavy atom. The molecule has 0 spiro atoms. The number of hydrogen-bond acceptors (Lipinski definition) is 6. The molecule has 33 heavy (non-hydrogen) atoms. The van der Waals surface area contributed by atoms with Gasteiger partial charge in [0.15, 0.2) is 0 Å². The summed E-state index contributed by atoms with van der Waals surface area (Å²) in [6.07, 6.45) is 8.56. The van der Waals surface area contributed by atoms with E-state index in [2.05, 4.69) is 46.7 Å². The van der Waals surface area contributed by atoms with Gasteiger partial charge in [-0.25, -0.2) is 0 Å². The van der Waals surface area contributed by atoms with E-state index < -0.39 is 0 Å². The van der Waals surface area contributed by atoms with Crippen molar-refractivity contribution in [1.29, 1.82) is 0 Å². The predicted octanol–water partition coefficient (Wildman–Crippen LogP) is 6.13. The highest BCUT2D eigenvalue weighted by Crippen LogP contribution is 2.30. The Balaban J connectivity index is 1.64. The first-order valence-corrected chi connectivity index (χ1v) is 14.2. The molecule has 180 valence electrons. The second-order valence-electron chi connectivity index (χ2n) is 8.36.